The van der Waals surface area contributed by atoms with E-state index in [2.05, 4.69) is 16.4 Å². The van der Waals surface area contributed by atoms with E-state index in [1.165, 1.54) is 5.56 Å². The maximum atomic E-state index is 11.0. The van der Waals surface area contributed by atoms with Gasteiger partial charge in [0.15, 0.2) is 11.9 Å². The molecule has 0 radical (unpaired) electrons. The molecule has 3 aromatic rings. The smallest absolute Gasteiger partial charge is 0.288 e. The molecule has 0 amide bonds. The van der Waals surface area contributed by atoms with E-state index in [1.54, 1.807) is 23.7 Å². The third kappa shape index (κ3) is 3.90. The fourth-order valence-electron chi connectivity index (χ4n) is 4.45. The molecule has 0 spiro atoms. The van der Waals surface area contributed by atoms with Crippen LogP contribution in [0.15, 0.2) is 30.3 Å². The lowest BCUT2D eigenvalue weighted by molar-refractivity contribution is -0.385. The van der Waals surface area contributed by atoms with Crippen molar-refractivity contribution in [2.75, 3.05) is 13.2 Å². The number of aliphatic hydroxyl groups is 5. The number of rotatable bonds is 6. The van der Waals surface area contributed by atoms with Gasteiger partial charge in [-0.15, -0.1) is 5.10 Å². The van der Waals surface area contributed by atoms with Crippen LogP contribution in [0.5, 0.6) is 11.5 Å². The summed E-state index contributed by atoms with van der Waals surface area (Å²) in [5.41, 5.74) is 3.96. The molecule has 0 aliphatic carbocycles. The molecule has 1 fully saturated rings. The van der Waals surface area contributed by atoms with Crippen molar-refractivity contribution in [2.24, 2.45) is 0 Å². The fourth-order valence-corrected chi connectivity index (χ4v) is 4.45. The Morgan fingerprint density at radius 2 is 2.03 bits per heavy atom. The molecule has 1 saturated heterocycles. The summed E-state index contributed by atoms with van der Waals surface area (Å²) in [4.78, 5) is 0. The molecule has 0 unspecified atom stereocenters. The first kappa shape index (κ1) is 23.0. The van der Waals surface area contributed by atoms with Crippen LogP contribution in [0.25, 0.3) is 11.0 Å². The van der Waals surface area contributed by atoms with Crippen LogP contribution in [0.4, 0.5) is 0 Å². The normalized spacial score (nSPS) is 28.6. The van der Waals surface area contributed by atoms with Crippen LogP contribution >= 0.6 is 0 Å². The molecule has 1 aromatic heterocycles. The molecule has 2 aliphatic heterocycles. The molecule has 2 aromatic carbocycles. The highest BCUT2D eigenvalue weighted by molar-refractivity contribution is 5.82. The molecule has 11 nitrogen and oxygen atoms in total. The van der Waals surface area contributed by atoms with E-state index in [4.69, 9.17) is 14.2 Å². The Kier molecular flexibility index (Phi) is 5.92. The summed E-state index contributed by atoms with van der Waals surface area (Å²) in [6, 6.07) is 9.47. The summed E-state index contributed by atoms with van der Waals surface area (Å²) >= 11 is 0. The van der Waals surface area contributed by atoms with Gasteiger partial charge in [0.25, 0.3) is 5.79 Å². The van der Waals surface area contributed by atoms with Crippen molar-refractivity contribution in [2.45, 2.75) is 56.7 Å². The monoisotopic (exact) mass is 473 g/mol. The molecule has 0 bridgehead atoms. The Bertz CT molecular complexity index is 1200. The predicted octanol–water partition coefficient (Wildman–Crippen LogP) is -0.584. The second-order valence-electron chi connectivity index (χ2n) is 8.73. The van der Waals surface area contributed by atoms with Gasteiger partial charge in [0.05, 0.1) is 13.2 Å². The summed E-state index contributed by atoms with van der Waals surface area (Å²) in [5, 5.41) is 59.7. The summed E-state index contributed by atoms with van der Waals surface area (Å²) in [6.45, 7) is 2.27. The summed E-state index contributed by atoms with van der Waals surface area (Å²) in [7, 11) is 0. The summed E-state index contributed by atoms with van der Waals surface area (Å²) in [6.07, 6.45) is -5.43. The lowest BCUT2D eigenvalue weighted by atomic mass is 9.96. The van der Waals surface area contributed by atoms with Gasteiger partial charge < -0.3 is 39.7 Å². The van der Waals surface area contributed by atoms with Crippen LogP contribution in [0, 0.1) is 6.92 Å². The largest absolute Gasteiger partial charge is 0.493 e. The first-order valence-corrected chi connectivity index (χ1v) is 11.1. The first-order chi connectivity index (χ1) is 16.3. The highest BCUT2D eigenvalue weighted by atomic mass is 16.7. The number of hydrogen-bond acceptors (Lipinski definition) is 10. The Morgan fingerprint density at radius 1 is 1.21 bits per heavy atom. The van der Waals surface area contributed by atoms with Crippen molar-refractivity contribution in [3.63, 3.8) is 0 Å². The maximum absolute atomic E-state index is 11.0. The minimum Gasteiger partial charge on any atom is -0.493 e. The zero-order valence-corrected chi connectivity index (χ0v) is 18.5. The van der Waals surface area contributed by atoms with Gasteiger partial charge in [-0.1, -0.05) is 17.3 Å². The van der Waals surface area contributed by atoms with E-state index in [-0.39, 0.29) is 5.75 Å². The van der Waals surface area contributed by atoms with Gasteiger partial charge in [0.1, 0.15) is 29.0 Å². The van der Waals surface area contributed by atoms with Gasteiger partial charge in [-0.3, -0.25) is 0 Å². The predicted molar refractivity (Wildman–Crippen MR) is 117 cm³/mol. The van der Waals surface area contributed by atoms with E-state index in [0.717, 1.165) is 23.3 Å². The molecule has 182 valence electrons. The van der Waals surface area contributed by atoms with E-state index < -0.39 is 37.0 Å². The molecule has 5 N–H and O–H groups in total. The van der Waals surface area contributed by atoms with Crippen molar-refractivity contribution < 1.29 is 39.7 Å². The Balaban J connectivity index is 1.44. The van der Waals surface area contributed by atoms with Gasteiger partial charge in [-0.05, 0) is 48.2 Å². The lowest BCUT2D eigenvalue weighted by Gasteiger charge is -2.45. The van der Waals surface area contributed by atoms with E-state index in [0.29, 0.717) is 30.6 Å². The van der Waals surface area contributed by atoms with Gasteiger partial charge in [-0.2, -0.15) is 0 Å². The summed E-state index contributed by atoms with van der Waals surface area (Å²) in [5.74, 6) is -1.69. The highest BCUT2D eigenvalue weighted by Crippen LogP contribution is 2.35. The van der Waals surface area contributed by atoms with Crippen LogP contribution in [0.1, 0.15) is 16.7 Å². The first-order valence-electron chi connectivity index (χ1n) is 11.1. The Labute approximate surface area is 194 Å². The van der Waals surface area contributed by atoms with Gasteiger partial charge in [0.2, 0.25) is 6.29 Å². The van der Waals surface area contributed by atoms with E-state index in [1.807, 2.05) is 12.1 Å². The zero-order valence-electron chi connectivity index (χ0n) is 18.5. The van der Waals surface area contributed by atoms with Crippen molar-refractivity contribution >= 4 is 11.0 Å². The minimum atomic E-state index is -2.69. The molecule has 3 heterocycles. The highest BCUT2D eigenvalue weighted by Gasteiger charge is 2.57. The minimum absolute atomic E-state index is 0.0983. The number of hydrogen-bond donors (Lipinski definition) is 5. The number of aromatic nitrogens is 3. The lowest BCUT2D eigenvalue weighted by Crippen LogP contribution is -2.69. The number of benzene rings is 2. The second-order valence-corrected chi connectivity index (χ2v) is 8.73. The van der Waals surface area contributed by atoms with Crippen LogP contribution in [0.2, 0.25) is 0 Å². The molecule has 0 saturated carbocycles. The molecule has 5 rings (SSSR count). The van der Waals surface area contributed by atoms with Crippen LogP contribution in [0.3, 0.4) is 0 Å². The van der Waals surface area contributed by atoms with Gasteiger partial charge in [-0.25, -0.2) is 4.68 Å². The van der Waals surface area contributed by atoms with Crippen molar-refractivity contribution in [3.05, 3.63) is 47.0 Å². The second kappa shape index (κ2) is 8.77. The van der Waals surface area contributed by atoms with Crippen LogP contribution in [-0.2, 0) is 24.1 Å². The molecule has 5 atom stereocenters. The van der Waals surface area contributed by atoms with Crippen LogP contribution < -0.4 is 9.47 Å². The number of aryl methyl sites for hydroxylation is 3. The Morgan fingerprint density at radius 3 is 2.82 bits per heavy atom. The molecular formula is C23H27N3O8. The third-order valence-electron chi connectivity index (χ3n) is 6.32. The maximum Gasteiger partial charge on any atom is 0.288 e. The van der Waals surface area contributed by atoms with Crippen molar-refractivity contribution in [1.29, 1.82) is 0 Å². The molecule has 11 heteroatoms. The average molecular weight is 473 g/mol. The third-order valence-corrected chi connectivity index (χ3v) is 6.32. The van der Waals surface area contributed by atoms with Crippen molar-refractivity contribution in [3.8, 4) is 11.5 Å². The van der Waals surface area contributed by atoms with Gasteiger partial charge >= 0.3 is 0 Å². The van der Waals surface area contributed by atoms with E-state index >= 15 is 0 Å². The molecular weight excluding hydrogens is 446 g/mol. The number of aliphatic hydroxyl groups excluding tert-OH is 4. The standard InChI is InChI=1S/C23H27N3O8/c1-12-8-15-19(17(9-12)34-23(31)21(29)20(28)18(11-27)33-22(23)30)26(25-24-15)6-4-13-2-3-16-14(10-13)5-7-32-16/h2-3,8-10,18,20-22,27-31H,4-7,11H2,1H3/t18-,20-,21+,22+,23+/m0/s1. The number of ether oxygens (including phenoxy) is 3. The topological polar surface area (TPSA) is 160 Å². The number of nitrogens with zero attached hydrogens (tertiary/aromatic N) is 3. The quantitative estimate of drug-likeness (QED) is 0.293. The zero-order chi connectivity index (χ0) is 24.0. The average Bonchev–Trinajstić information content (AvgIpc) is 3.45. The van der Waals surface area contributed by atoms with Crippen LogP contribution in [-0.4, -0.2) is 84.1 Å². The number of fused-ring (bicyclic) bond motifs is 2. The molecule has 2 aliphatic rings. The van der Waals surface area contributed by atoms with E-state index in [9.17, 15) is 25.5 Å². The summed E-state index contributed by atoms with van der Waals surface area (Å²) < 4.78 is 18.0. The molecule has 34 heavy (non-hydrogen) atoms. The van der Waals surface area contributed by atoms with Gasteiger partial charge in [0, 0.05) is 13.0 Å². The SMILES string of the molecule is Cc1cc(O[C@@]2(O)[C@H](O)O[C@@H](CO)[C@H](O)[C@H]2O)c2c(c1)nnn2CCc1ccc2c(c1)CCO2. The fraction of sp³-hybridized carbons (Fsp3) is 0.478. The Hall–Kier alpha value is -2.80. The van der Waals surface area contributed by atoms with Crippen molar-refractivity contribution in [1.82, 2.24) is 15.0 Å².